The largest absolute Gasteiger partial charge is 0.493 e. The van der Waals surface area contributed by atoms with Crippen molar-refractivity contribution in [3.8, 4) is 11.5 Å². The third kappa shape index (κ3) is 3.27. The number of benzene rings is 1. The molecule has 1 aromatic carbocycles. The van der Waals surface area contributed by atoms with E-state index >= 15 is 0 Å². The summed E-state index contributed by atoms with van der Waals surface area (Å²) in [5.74, 6) is 1.53. The number of rotatable bonds is 5. The Bertz CT molecular complexity index is 345. The minimum Gasteiger partial charge on any atom is -0.493 e. The molecule has 0 amide bonds. The van der Waals surface area contributed by atoms with Gasteiger partial charge >= 0.3 is 0 Å². The van der Waals surface area contributed by atoms with Gasteiger partial charge in [0.05, 0.1) is 13.7 Å². The fourth-order valence-corrected chi connectivity index (χ4v) is 1.39. The van der Waals surface area contributed by atoms with Crippen molar-refractivity contribution in [3.05, 3.63) is 23.8 Å². The van der Waals surface area contributed by atoms with E-state index in [0.717, 1.165) is 5.56 Å². The van der Waals surface area contributed by atoms with Crippen LogP contribution in [-0.4, -0.2) is 19.5 Å². The van der Waals surface area contributed by atoms with Crippen molar-refractivity contribution in [3.63, 3.8) is 0 Å². The van der Waals surface area contributed by atoms with Gasteiger partial charge in [-0.1, -0.05) is 6.07 Å². The predicted molar refractivity (Wildman–Crippen MR) is 58.5 cm³/mol. The molecule has 0 atom stereocenters. The van der Waals surface area contributed by atoms with Crippen molar-refractivity contribution in [1.82, 2.24) is 0 Å². The van der Waals surface area contributed by atoms with Crippen molar-refractivity contribution < 1.29 is 14.3 Å². The van der Waals surface area contributed by atoms with Gasteiger partial charge in [-0.25, -0.2) is 0 Å². The average molecular weight is 208 g/mol. The lowest BCUT2D eigenvalue weighted by Gasteiger charge is -2.10. The molecule has 0 aliphatic carbocycles. The summed E-state index contributed by atoms with van der Waals surface area (Å²) in [5, 5.41) is 0. The van der Waals surface area contributed by atoms with Crippen molar-refractivity contribution in [2.75, 3.05) is 13.7 Å². The Hall–Kier alpha value is -1.51. The van der Waals surface area contributed by atoms with E-state index in [2.05, 4.69) is 0 Å². The van der Waals surface area contributed by atoms with E-state index in [9.17, 15) is 4.79 Å². The molecule has 15 heavy (non-hydrogen) atoms. The second kappa shape index (κ2) is 5.39. The highest BCUT2D eigenvalue weighted by molar-refractivity contribution is 5.78. The van der Waals surface area contributed by atoms with Gasteiger partial charge in [0.15, 0.2) is 11.5 Å². The van der Waals surface area contributed by atoms with Gasteiger partial charge in [-0.15, -0.1) is 0 Å². The van der Waals surface area contributed by atoms with Gasteiger partial charge in [-0.3, -0.25) is 4.79 Å². The van der Waals surface area contributed by atoms with Crippen LogP contribution < -0.4 is 9.47 Å². The molecule has 0 bridgehead atoms. The molecule has 0 spiro atoms. The van der Waals surface area contributed by atoms with E-state index in [1.807, 2.05) is 25.1 Å². The molecule has 3 nitrogen and oxygen atoms in total. The maximum atomic E-state index is 11.0. The van der Waals surface area contributed by atoms with Crippen molar-refractivity contribution in [2.45, 2.75) is 20.3 Å². The molecule has 0 radical (unpaired) electrons. The molecule has 0 aliphatic heterocycles. The topological polar surface area (TPSA) is 35.5 Å². The maximum Gasteiger partial charge on any atom is 0.161 e. The number of ether oxygens (including phenoxy) is 2. The van der Waals surface area contributed by atoms with Crippen LogP contribution in [0.3, 0.4) is 0 Å². The third-order valence-electron chi connectivity index (χ3n) is 1.98. The van der Waals surface area contributed by atoms with Crippen LogP contribution in [0.25, 0.3) is 0 Å². The van der Waals surface area contributed by atoms with Crippen LogP contribution in [0.15, 0.2) is 18.2 Å². The van der Waals surface area contributed by atoms with E-state index in [1.165, 1.54) is 0 Å². The molecule has 3 heteroatoms. The van der Waals surface area contributed by atoms with E-state index < -0.39 is 0 Å². The first-order valence-electron chi connectivity index (χ1n) is 4.96. The fraction of sp³-hybridized carbons (Fsp3) is 0.417. The summed E-state index contributed by atoms with van der Waals surface area (Å²) >= 11 is 0. The summed E-state index contributed by atoms with van der Waals surface area (Å²) in [5.41, 5.74) is 0.951. The Morgan fingerprint density at radius 3 is 2.60 bits per heavy atom. The molecule has 82 valence electrons. The molecule has 0 saturated heterocycles. The summed E-state index contributed by atoms with van der Waals surface area (Å²) in [6, 6.07) is 5.55. The third-order valence-corrected chi connectivity index (χ3v) is 1.98. The minimum atomic E-state index is 0.141. The Morgan fingerprint density at radius 1 is 1.33 bits per heavy atom. The first kappa shape index (κ1) is 11.6. The zero-order valence-electron chi connectivity index (χ0n) is 9.37. The van der Waals surface area contributed by atoms with Gasteiger partial charge in [-0.05, 0) is 31.5 Å². The number of carbonyl (C=O) groups is 1. The number of hydrogen-bond acceptors (Lipinski definition) is 3. The summed E-state index contributed by atoms with van der Waals surface area (Å²) < 4.78 is 10.6. The molecular weight excluding hydrogens is 192 g/mol. The number of Topliss-reactive ketones (excluding diaryl/α,β-unsaturated/α-hetero) is 1. The van der Waals surface area contributed by atoms with Gasteiger partial charge in [-0.2, -0.15) is 0 Å². The molecule has 0 N–H and O–H groups in total. The quantitative estimate of drug-likeness (QED) is 0.744. The van der Waals surface area contributed by atoms with Crippen LogP contribution in [0.4, 0.5) is 0 Å². The highest BCUT2D eigenvalue weighted by Crippen LogP contribution is 2.28. The van der Waals surface area contributed by atoms with Gasteiger partial charge < -0.3 is 9.47 Å². The summed E-state index contributed by atoms with van der Waals surface area (Å²) in [7, 11) is 1.60. The van der Waals surface area contributed by atoms with Crippen molar-refractivity contribution >= 4 is 5.78 Å². The van der Waals surface area contributed by atoms with Crippen LogP contribution in [0, 0.1) is 0 Å². The lowest BCUT2D eigenvalue weighted by atomic mass is 10.1. The lowest BCUT2D eigenvalue weighted by Crippen LogP contribution is -1.99. The molecule has 0 unspecified atom stereocenters. The summed E-state index contributed by atoms with van der Waals surface area (Å²) in [4.78, 5) is 11.0. The average Bonchev–Trinajstić information content (AvgIpc) is 2.18. The zero-order valence-corrected chi connectivity index (χ0v) is 9.37. The Labute approximate surface area is 90.0 Å². The number of methoxy groups -OCH3 is 1. The monoisotopic (exact) mass is 208 g/mol. The minimum absolute atomic E-state index is 0.141. The number of hydrogen-bond donors (Lipinski definition) is 0. The Kier molecular flexibility index (Phi) is 4.16. The van der Waals surface area contributed by atoms with Gasteiger partial charge in [0, 0.05) is 6.42 Å². The van der Waals surface area contributed by atoms with Gasteiger partial charge in [0.1, 0.15) is 5.78 Å². The van der Waals surface area contributed by atoms with E-state index in [0.29, 0.717) is 24.5 Å². The standard InChI is InChI=1S/C12H16O3/c1-4-15-12-8-10(7-9(2)13)5-6-11(12)14-3/h5-6,8H,4,7H2,1-3H3. The zero-order chi connectivity index (χ0) is 11.3. The highest BCUT2D eigenvalue weighted by Gasteiger charge is 2.06. The van der Waals surface area contributed by atoms with Crippen LogP contribution in [0.2, 0.25) is 0 Å². The van der Waals surface area contributed by atoms with Gasteiger partial charge in [0.25, 0.3) is 0 Å². The van der Waals surface area contributed by atoms with Crippen LogP contribution in [0.1, 0.15) is 19.4 Å². The molecule has 0 aromatic heterocycles. The molecule has 1 aromatic rings. The summed E-state index contributed by atoms with van der Waals surface area (Å²) in [6.45, 7) is 4.07. The smallest absolute Gasteiger partial charge is 0.161 e. The predicted octanol–water partition coefficient (Wildman–Crippen LogP) is 2.23. The summed E-state index contributed by atoms with van der Waals surface area (Å²) in [6.07, 6.45) is 0.435. The van der Waals surface area contributed by atoms with Gasteiger partial charge in [0.2, 0.25) is 0 Å². The number of ketones is 1. The van der Waals surface area contributed by atoms with Crippen LogP contribution >= 0.6 is 0 Å². The maximum absolute atomic E-state index is 11.0. The van der Waals surface area contributed by atoms with E-state index in [-0.39, 0.29) is 5.78 Å². The van der Waals surface area contributed by atoms with Crippen LogP contribution in [-0.2, 0) is 11.2 Å². The fourth-order valence-electron chi connectivity index (χ4n) is 1.39. The van der Waals surface area contributed by atoms with Crippen molar-refractivity contribution in [1.29, 1.82) is 0 Å². The Morgan fingerprint density at radius 2 is 2.07 bits per heavy atom. The lowest BCUT2D eigenvalue weighted by molar-refractivity contribution is -0.116. The molecule has 0 saturated carbocycles. The van der Waals surface area contributed by atoms with E-state index in [4.69, 9.17) is 9.47 Å². The Balaban J connectivity index is 2.93. The first-order valence-corrected chi connectivity index (χ1v) is 4.96. The van der Waals surface area contributed by atoms with E-state index in [1.54, 1.807) is 14.0 Å². The second-order valence-corrected chi connectivity index (χ2v) is 3.30. The SMILES string of the molecule is CCOc1cc(CC(C)=O)ccc1OC. The number of carbonyl (C=O) groups excluding carboxylic acids is 1. The van der Waals surface area contributed by atoms with Crippen molar-refractivity contribution in [2.24, 2.45) is 0 Å². The molecular formula is C12H16O3. The first-order chi connectivity index (χ1) is 7.17. The molecule has 0 aliphatic rings. The molecule has 1 rings (SSSR count). The normalized spacial score (nSPS) is 9.80. The second-order valence-electron chi connectivity index (χ2n) is 3.30. The highest BCUT2D eigenvalue weighted by atomic mass is 16.5. The molecule has 0 heterocycles. The molecule has 0 fully saturated rings. The van der Waals surface area contributed by atoms with Crippen LogP contribution in [0.5, 0.6) is 11.5 Å².